The number of imide groups is 1. The van der Waals surface area contributed by atoms with Gasteiger partial charge in [-0.15, -0.1) is 0 Å². The predicted octanol–water partition coefficient (Wildman–Crippen LogP) is 1.52. The maximum absolute atomic E-state index is 13.4. The first-order valence-corrected chi connectivity index (χ1v) is 11.1. The van der Waals surface area contributed by atoms with Crippen LogP contribution in [0.2, 0.25) is 0 Å². The lowest BCUT2D eigenvalue weighted by atomic mass is 9.95. The molecule has 35 heavy (non-hydrogen) atoms. The minimum atomic E-state index is -0.884. The number of hydrogen-bond acceptors (Lipinski definition) is 6. The Morgan fingerprint density at radius 3 is 2.31 bits per heavy atom. The minimum absolute atomic E-state index is 0.0282. The van der Waals surface area contributed by atoms with E-state index in [2.05, 4.69) is 10.6 Å². The molecule has 2 aromatic carbocycles. The summed E-state index contributed by atoms with van der Waals surface area (Å²) < 4.78 is 18.3. The molecule has 10 heteroatoms. The lowest BCUT2D eigenvalue weighted by Crippen LogP contribution is -2.56. The normalized spacial score (nSPS) is 18.9. The van der Waals surface area contributed by atoms with E-state index in [-0.39, 0.29) is 49.3 Å². The molecule has 0 saturated carbocycles. The molecule has 2 N–H and O–H groups in total. The summed E-state index contributed by atoms with van der Waals surface area (Å²) in [7, 11) is 1.21. The van der Waals surface area contributed by atoms with Crippen LogP contribution in [0.15, 0.2) is 65.9 Å². The van der Waals surface area contributed by atoms with Gasteiger partial charge in [-0.1, -0.05) is 42.5 Å². The van der Waals surface area contributed by atoms with Crippen LogP contribution in [-0.2, 0) is 25.5 Å². The van der Waals surface area contributed by atoms with Crippen molar-refractivity contribution in [3.05, 3.63) is 82.8 Å². The SMILES string of the molecule is COC(=O)C1=C(CN2CC(=O)N(CCc3ccccc3)C(=O)C2)NC(=O)N[C@@H]1c1ccc(F)cc1. The van der Waals surface area contributed by atoms with Crippen molar-refractivity contribution in [3.8, 4) is 0 Å². The molecule has 0 radical (unpaired) electrons. The van der Waals surface area contributed by atoms with Crippen LogP contribution in [-0.4, -0.2) is 66.9 Å². The summed E-state index contributed by atoms with van der Waals surface area (Å²) in [6, 6.07) is 13.5. The molecule has 2 heterocycles. The van der Waals surface area contributed by atoms with Gasteiger partial charge in [0.15, 0.2) is 0 Å². The molecule has 2 aliphatic rings. The highest BCUT2D eigenvalue weighted by Crippen LogP contribution is 2.28. The highest BCUT2D eigenvalue weighted by Gasteiger charge is 2.36. The number of nitrogens with one attached hydrogen (secondary N) is 2. The fraction of sp³-hybridized carbons (Fsp3) is 0.280. The highest BCUT2D eigenvalue weighted by atomic mass is 19.1. The molecular formula is C25H25FN4O5. The second kappa shape index (κ2) is 10.5. The topological polar surface area (TPSA) is 108 Å². The smallest absolute Gasteiger partial charge is 0.338 e. The van der Waals surface area contributed by atoms with Gasteiger partial charge < -0.3 is 15.4 Å². The van der Waals surface area contributed by atoms with E-state index in [4.69, 9.17) is 4.74 Å². The number of methoxy groups -OCH3 is 1. The number of hydrogen-bond donors (Lipinski definition) is 2. The van der Waals surface area contributed by atoms with Gasteiger partial charge in [0.2, 0.25) is 11.8 Å². The van der Waals surface area contributed by atoms with E-state index in [9.17, 15) is 23.6 Å². The van der Waals surface area contributed by atoms with Gasteiger partial charge in [-0.2, -0.15) is 0 Å². The van der Waals surface area contributed by atoms with Crippen LogP contribution in [0.5, 0.6) is 0 Å². The maximum Gasteiger partial charge on any atom is 0.338 e. The number of benzene rings is 2. The number of carbonyl (C=O) groups is 4. The number of urea groups is 1. The molecule has 4 rings (SSSR count). The van der Waals surface area contributed by atoms with Crippen molar-refractivity contribution in [2.45, 2.75) is 12.5 Å². The molecule has 2 aliphatic heterocycles. The molecule has 0 aromatic heterocycles. The van der Waals surface area contributed by atoms with Gasteiger partial charge in [-0.25, -0.2) is 14.0 Å². The number of nitrogens with zero attached hydrogens (tertiary/aromatic N) is 2. The summed E-state index contributed by atoms with van der Waals surface area (Å²) in [6.45, 7) is 0.143. The molecule has 1 saturated heterocycles. The molecular weight excluding hydrogens is 455 g/mol. The third-order valence-electron chi connectivity index (χ3n) is 5.93. The van der Waals surface area contributed by atoms with Gasteiger partial charge in [-0.05, 0) is 29.7 Å². The van der Waals surface area contributed by atoms with Gasteiger partial charge in [0, 0.05) is 18.8 Å². The van der Waals surface area contributed by atoms with E-state index in [1.165, 1.54) is 36.3 Å². The van der Waals surface area contributed by atoms with E-state index >= 15 is 0 Å². The number of piperazine rings is 1. The zero-order chi connectivity index (χ0) is 24.9. The first kappa shape index (κ1) is 24.1. The second-order valence-electron chi connectivity index (χ2n) is 8.29. The van der Waals surface area contributed by atoms with Crippen molar-refractivity contribution < 1.29 is 28.3 Å². The first-order chi connectivity index (χ1) is 16.9. The van der Waals surface area contributed by atoms with Crippen LogP contribution in [0.1, 0.15) is 17.2 Å². The van der Waals surface area contributed by atoms with Crippen molar-refractivity contribution in [2.75, 3.05) is 33.3 Å². The molecule has 2 aromatic rings. The Morgan fingerprint density at radius 2 is 1.69 bits per heavy atom. The molecule has 1 fully saturated rings. The summed E-state index contributed by atoms with van der Waals surface area (Å²) in [4.78, 5) is 53.4. The van der Waals surface area contributed by atoms with Crippen molar-refractivity contribution in [2.24, 2.45) is 0 Å². The number of esters is 1. The number of ether oxygens (including phenoxy) is 1. The number of carbonyl (C=O) groups excluding carboxylic acids is 4. The number of rotatable bonds is 7. The summed E-state index contributed by atoms with van der Waals surface area (Å²) in [5.74, 6) is -1.86. The molecule has 1 atom stereocenters. The summed E-state index contributed by atoms with van der Waals surface area (Å²) >= 11 is 0. The molecule has 0 unspecified atom stereocenters. The fourth-order valence-corrected chi connectivity index (χ4v) is 4.22. The van der Waals surface area contributed by atoms with Crippen molar-refractivity contribution in [1.29, 1.82) is 0 Å². The van der Waals surface area contributed by atoms with Crippen LogP contribution in [0, 0.1) is 5.82 Å². The lowest BCUT2D eigenvalue weighted by molar-refractivity contribution is -0.151. The fourth-order valence-electron chi connectivity index (χ4n) is 4.22. The average Bonchev–Trinajstić information content (AvgIpc) is 2.84. The van der Waals surface area contributed by atoms with Crippen LogP contribution >= 0.6 is 0 Å². The Kier molecular flexibility index (Phi) is 7.21. The van der Waals surface area contributed by atoms with Crippen LogP contribution in [0.25, 0.3) is 0 Å². The molecule has 0 aliphatic carbocycles. The monoisotopic (exact) mass is 480 g/mol. The highest BCUT2D eigenvalue weighted by molar-refractivity contribution is 5.99. The van der Waals surface area contributed by atoms with Crippen LogP contribution in [0.4, 0.5) is 9.18 Å². The standard InChI is InChI=1S/C25H25FN4O5/c1-35-24(33)22-19(27-25(34)28-23(22)17-7-9-18(26)10-8-17)13-29-14-20(31)30(21(32)15-29)12-11-16-5-3-2-4-6-16/h2-10,23H,11-15H2,1H3,(H2,27,28,34)/t23-/m1/s1. The van der Waals surface area contributed by atoms with Gasteiger partial charge in [0.05, 0.1) is 31.8 Å². The summed E-state index contributed by atoms with van der Waals surface area (Å²) in [5, 5.41) is 5.25. The van der Waals surface area contributed by atoms with E-state index in [1.807, 2.05) is 30.3 Å². The Bertz CT molecular complexity index is 1150. The zero-order valence-electron chi connectivity index (χ0n) is 19.1. The molecule has 9 nitrogen and oxygen atoms in total. The Morgan fingerprint density at radius 1 is 1.03 bits per heavy atom. The van der Waals surface area contributed by atoms with Crippen molar-refractivity contribution in [3.63, 3.8) is 0 Å². The Labute approximate surface area is 201 Å². The number of halogens is 1. The third kappa shape index (κ3) is 5.55. The minimum Gasteiger partial charge on any atom is -0.466 e. The van der Waals surface area contributed by atoms with E-state index in [1.54, 1.807) is 4.90 Å². The molecule has 4 amide bonds. The van der Waals surface area contributed by atoms with Crippen molar-refractivity contribution >= 4 is 23.8 Å². The first-order valence-electron chi connectivity index (χ1n) is 11.1. The van der Waals surface area contributed by atoms with Crippen LogP contribution < -0.4 is 10.6 Å². The van der Waals surface area contributed by atoms with Crippen LogP contribution in [0.3, 0.4) is 0 Å². The maximum atomic E-state index is 13.4. The van der Waals surface area contributed by atoms with Crippen molar-refractivity contribution in [1.82, 2.24) is 20.4 Å². The van der Waals surface area contributed by atoms with E-state index in [0.717, 1.165) is 5.56 Å². The van der Waals surface area contributed by atoms with Gasteiger partial charge in [-0.3, -0.25) is 19.4 Å². The van der Waals surface area contributed by atoms with Gasteiger partial charge >= 0.3 is 12.0 Å². The Balaban J connectivity index is 1.52. The quantitative estimate of drug-likeness (QED) is 0.460. The summed E-state index contributed by atoms with van der Waals surface area (Å²) in [5.41, 5.74) is 1.84. The van der Waals surface area contributed by atoms with E-state index in [0.29, 0.717) is 12.0 Å². The zero-order valence-corrected chi connectivity index (χ0v) is 19.1. The Hall–Kier alpha value is -4.05. The van der Waals surface area contributed by atoms with E-state index < -0.39 is 23.9 Å². The lowest BCUT2D eigenvalue weighted by Gasteiger charge is -2.35. The van der Waals surface area contributed by atoms with Gasteiger partial charge in [0.25, 0.3) is 0 Å². The van der Waals surface area contributed by atoms with Gasteiger partial charge in [0.1, 0.15) is 5.82 Å². The average molecular weight is 480 g/mol. The molecule has 0 spiro atoms. The summed E-state index contributed by atoms with van der Waals surface area (Å²) in [6.07, 6.45) is 0.553. The molecule has 182 valence electrons. The number of amides is 4. The third-order valence-corrected chi connectivity index (χ3v) is 5.93. The second-order valence-corrected chi connectivity index (χ2v) is 8.29. The molecule has 0 bridgehead atoms. The predicted molar refractivity (Wildman–Crippen MR) is 123 cm³/mol. The largest absolute Gasteiger partial charge is 0.466 e.